The fourth-order valence-electron chi connectivity index (χ4n) is 9.72. The summed E-state index contributed by atoms with van der Waals surface area (Å²) in [4.78, 5) is 60.7. The van der Waals surface area contributed by atoms with Crippen LogP contribution in [0.1, 0.15) is 78.1 Å². The molecule has 2 aromatic carbocycles. The Morgan fingerprint density at radius 2 is 1.50 bits per heavy atom. The molecule has 1 unspecified atom stereocenters. The fraction of sp³-hybridized carbons (Fsp3) is 0.488. The monoisotopic (exact) mass is 776 g/mol. The van der Waals surface area contributed by atoms with Crippen molar-refractivity contribution in [3.63, 3.8) is 0 Å². The van der Waals surface area contributed by atoms with E-state index in [1.165, 1.54) is 0 Å². The summed E-state index contributed by atoms with van der Waals surface area (Å²) in [5.74, 6) is -0.118. The van der Waals surface area contributed by atoms with Crippen LogP contribution in [0.2, 0.25) is 5.02 Å². The molecule has 5 fully saturated rings. The molecular formula is C41H45ClN10O4. The van der Waals surface area contributed by atoms with Gasteiger partial charge in [0.25, 0.3) is 11.8 Å². The normalized spacial score (nSPS) is 24.1. The van der Waals surface area contributed by atoms with E-state index in [2.05, 4.69) is 65.6 Å². The van der Waals surface area contributed by atoms with Gasteiger partial charge in [0.05, 0.1) is 21.7 Å². The summed E-state index contributed by atoms with van der Waals surface area (Å²) < 4.78 is 0. The topological polar surface area (TPSA) is 158 Å². The number of nitrogens with zero attached hydrogens (tertiary/aromatic N) is 8. The molecule has 0 bridgehead atoms. The largest absolute Gasteiger partial charge is 0.368 e. The summed E-state index contributed by atoms with van der Waals surface area (Å²) in [6.45, 7) is 8.57. The van der Waals surface area contributed by atoms with Crippen LogP contribution in [0, 0.1) is 16.7 Å². The molecule has 6 aliphatic heterocycles. The van der Waals surface area contributed by atoms with Gasteiger partial charge in [-0.25, -0.2) is 0 Å². The number of rotatable bonds is 7. The second-order valence-electron chi connectivity index (χ2n) is 16.4. The van der Waals surface area contributed by atoms with Gasteiger partial charge in [-0.15, -0.1) is 10.2 Å². The van der Waals surface area contributed by atoms with Crippen molar-refractivity contribution in [3.8, 4) is 6.07 Å². The van der Waals surface area contributed by atoms with Crippen LogP contribution in [0.5, 0.6) is 0 Å². The molecule has 7 heterocycles. The molecule has 0 aliphatic carbocycles. The average Bonchev–Trinajstić information content (AvgIpc) is 3.64. The number of nitrogens with one attached hydrogen (secondary N) is 2. The maximum Gasteiger partial charge on any atom is 0.262 e. The molecule has 3 aromatic rings. The number of piperidine rings is 3. The van der Waals surface area contributed by atoms with E-state index in [1.807, 2.05) is 24.3 Å². The number of imide groups is 2. The van der Waals surface area contributed by atoms with E-state index in [0.717, 1.165) is 106 Å². The molecule has 56 heavy (non-hydrogen) atoms. The number of nitriles is 1. The lowest BCUT2D eigenvalue weighted by Gasteiger charge is -2.44. The highest BCUT2D eigenvalue weighted by Gasteiger charge is 2.46. The number of carbonyl (C=O) groups excluding carboxylic acids is 4. The first-order valence-electron chi connectivity index (χ1n) is 19.7. The van der Waals surface area contributed by atoms with E-state index in [0.29, 0.717) is 39.8 Å². The lowest BCUT2D eigenvalue weighted by atomic mass is 9.77. The SMILES string of the molecule is C[C@H]1CC2(CCN(c3ccc(N4CCC(NC5CN(c6ccc7c(c6)C(=O)N(C6CCC(=O)NC6=O)C7=O)C5)CC4)nn3)CC2)CN1c1ccc(C#N)c(Cl)c1. The Labute approximate surface area is 330 Å². The summed E-state index contributed by atoms with van der Waals surface area (Å²) >= 11 is 6.37. The Morgan fingerprint density at radius 1 is 0.821 bits per heavy atom. The van der Waals surface area contributed by atoms with Crippen molar-refractivity contribution in [1.29, 1.82) is 5.26 Å². The minimum Gasteiger partial charge on any atom is -0.368 e. The average molecular weight is 777 g/mol. The molecule has 14 nitrogen and oxygen atoms in total. The van der Waals surface area contributed by atoms with Gasteiger partial charge >= 0.3 is 0 Å². The Hall–Kier alpha value is -5.26. The van der Waals surface area contributed by atoms with Crippen LogP contribution < -0.4 is 30.2 Å². The highest BCUT2D eigenvalue weighted by molar-refractivity contribution is 6.32. The van der Waals surface area contributed by atoms with Crippen molar-refractivity contribution in [1.82, 2.24) is 25.7 Å². The smallest absolute Gasteiger partial charge is 0.262 e. The first-order valence-corrected chi connectivity index (χ1v) is 20.1. The third-order valence-corrected chi connectivity index (χ3v) is 13.2. The fourth-order valence-corrected chi connectivity index (χ4v) is 9.94. The van der Waals surface area contributed by atoms with Crippen molar-refractivity contribution >= 4 is 58.2 Å². The molecule has 2 atom stereocenters. The molecule has 4 amide bonds. The van der Waals surface area contributed by atoms with Gasteiger partial charge in [-0.3, -0.25) is 29.4 Å². The number of benzene rings is 2. The summed E-state index contributed by atoms with van der Waals surface area (Å²) in [6.07, 6.45) is 5.58. The number of hydrogen-bond acceptors (Lipinski definition) is 12. The molecule has 0 radical (unpaired) electrons. The quantitative estimate of drug-likeness (QED) is 0.336. The summed E-state index contributed by atoms with van der Waals surface area (Å²) in [7, 11) is 0. The van der Waals surface area contributed by atoms with Crippen LogP contribution in [0.4, 0.5) is 23.0 Å². The standard InChI is InChI=1S/C41H45ClN10O4/c1-25-20-41(24-51(25)30-3-2-26(21-43)33(42)19-30)12-16-49(17-13-41)36-8-7-35(46-47-36)48-14-10-27(11-15-48)44-28-22-50(23-28)29-4-5-31-32(18-29)40(56)52(39(31)55)34-6-9-37(53)45-38(34)54/h2-5,7-8,18-19,25,27-28,34,44H,6,9-17,20,22-24H2,1H3,(H,45,53,54)/t25-,34?/m0/s1. The third-order valence-electron chi connectivity index (χ3n) is 12.9. The van der Waals surface area contributed by atoms with E-state index < -0.39 is 23.8 Å². The van der Waals surface area contributed by atoms with Crippen molar-refractivity contribution < 1.29 is 19.2 Å². The second kappa shape index (κ2) is 14.4. The van der Waals surface area contributed by atoms with Gasteiger partial charge < -0.3 is 24.9 Å². The molecule has 15 heteroatoms. The molecule has 1 spiro atoms. The summed E-state index contributed by atoms with van der Waals surface area (Å²) in [5.41, 5.74) is 3.33. The van der Waals surface area contributed by atoms with Crippen LogP contribution >= 0.6 is 11.6 Å². The van der Waals surface area contributed by atoms with Crippen LogP contribution in [-0.2, 0) is 9.59 Å². The van der Waals surface area contributed by atoms with Crippen LogP contribution in [0.3, 0.4) is 0 Å². The number of anilines is 4. The number of carbonyl (C=O) groups is 4. The van der Waals surface area contributed by atoms with E-state index in [9.17, 15) is 24.4 Å². The van der Waals surface area contributed by atoms with Gasteiger partial charge in [-0.1, -0.05) is 11.6 Å². The van der Waals surface area contributed by atoms with Crippen molar-refractivity contribution in [2.45, 2.75) is 76.0 Å². The Kier molecular flexibility index (Phi) is 9.32. The first kappa shape index (κ1) is 36.4. The highest BCUT2D eigenvalue weighted by Crippen LogP contribution is 2.46. The predicted octanol–water partition coefficient (Wildman–Crippen LogP) is 3.74. The summed E-state index contributed by atoms with van der Waals surface area (Å²) in [6, 6.07) is 17.6. The van der Waals surface area contributed by atoms with Gasteiger partial charge in [0.2, 0.25) is 11.8 Å². The number of halogens is 1. The Morgan fingerprint density at radius 3 is 2.16 bits per heavy atom. The molecule has 290 valence electrons. The van der Waals surface area contributed by atoms with Gasteiger partial charge in [-0.05, 0) is 99.4 Å². The zero-order chi connectivity index (χ0) is 38.7. The van der Waals surface area contributed by atoms with Crippen LogP contribution in [-0.4, -0.2) is 109 Å². The second-order valence-corrected chi connectivity index (χ2v) is 16.8. The van der Waals surface area contributed by atoms with Crippen LogP contribution in [0.15, 0.2) is 48.5 Å². The number of aromatic nitrogens is 2. The maximum atomic E-state index is 13.3. The van der Waals surface area contributed by atoms with Crippen molar-refractivity contribution in [2.75, 3.05) is 65.4 Å². The molecule has 2 N–H and O–H groups in total. The first-order chi connectivity index (χ1) is 27.1. The van der Waals surface area contributed by atoms with Crippen molar-refractivity contribution in [3.05, 3.63) is 70.2 Å². The number of hydrogen-bond donors (Lipinski definition) is 2. The van der Waals surface area contributed by atoms with E-state index in [4.69, 9.17) is 11.6 Å². The molecule has 1 aromatic heterocycles. The van der Waals surface area contributed by atoms with Crippen LogP contribution in [0.25, 0.3) is 0 Å². The molecule has 5 saturated heterocycles. The lowest BCUT2D eigenvalue weighted by Crippen LogP contribution is -2.61. The zero-order valence-electron chi connectivity index (χ0n) is 31.4. The highest BCUT2D eigenvalue weighted by atomic mass is 35.5. The Balaban J connectivity index is 0.725. The molecule has 6 aliphatic rings. The molecule has 9 rings (SSSR count). The lowest BCUT2D eigenvalue weighted by molar-refractivity contribution is -0.136. The van der Waals surface area contributed by atoms with Gasteiger partial charge in [-0.2, -0.15) is 5.26 Å². The maximum absolute atomic E-state index is 13.3. The Bertz CT molecular complexity index is 2120. The van der Waals surface area contributed by atoms with Gasteiger partial charge in [0.1, 0.15) is 12.1 Å². The summed E-state index contributed by atoms with van der Waals surface area (Å²) in [5, 5.41) is 25.2. The third kappa shape index (κ3) is 6.60. The van der Waals surface area contributed by atoms with Crippen molar-refractivity contribution in [2.24, 2.45) is 5.41 Å². The zero-order valence-corrected chi connectivity index (χ0v) is 32.2. The molecular weight excluding hydrogens is 732 g/mol. The molecule has 0 saturated carbocycles. The number of fused-ring (bicyclic) bond motifs is 1. The van der Waals surface area contributed by atoms with Gasteiger partial charge in [0.15, 0.2) is 11.6 Å². The predicted molar refractivity (Wildman–Crippen MR) is 211 cm³/mol. The minimum absolute atomic E-state index is 0.0959. The van der Waals surface area contributed by atoms with E-state index in [1.54, 1.807) is 12.1 Å². The van der Waals surface area contributed by atoms with E-state index >= 15 is 0 Å². The van der Waals surface area contributed by atoms with E-state index in [-0.39, 0.29) is 24.2 Å². The minimum atomic E-state index is -0.967. The van der Waals surface area contributed by atoms with Gasteiger partial charge in [0, 0.05) is 81.7 Å². The number of amides is 4.